The zero-order valence-electron chi connectivity index (χ0n) is 16.6. The highest BCUT2D eigenvalue weighted by molar-refractivity contribution is 5.95. The standard InChI is InChI=1S/C21H30FN3O2/c1-15-6-10-24(11-7-15)20(26)16-8-12-25(13-9-16)21(27)17-4-5-19(23(2)3)18(22)14-17/h4-5,14-16H,6-13H2,1-3H3. The van der Waals surface area contributed by atoms with E-state index in [2.05, 4.69) is 6.92 Å². The number of likely N-dealkylation sites (tertiary alicyclic amines) is 2. The Morgan fingerprint density at radius 3 is 2.15 bits per heavy atom. The molecule has 1 aromatic carbocycles. The molecular weight excluding hydrogens is 345 g/mol. The summed E-state index contributed by atoms with van der Waals surface area (Å²) in [6.07, 6.45) is 3.54. The fourth-order valence-electron chi connectivity index (χ4n) is 4.00. The summed E-state index contributed by atoms with van der Waals surface area (Å²) in [5.74, 6) is 0.408. The average molecular weight is 375 g/mol. The second-order valence-electron chi connectivity index (χ2n) is 8.13. The van der Waals surface area contributed by atoms with Crippen molar-refractivity contribution in [2.75, 3.05) is 45.2 Å². The lowest BCUT2D eigenvalue weighted by molar-refractivity contribution is -0.138. The van der Waals surface area contributed by atoms with Gasteiger partial charge in [0.25, 0.3) is 5.91 Å². The number of amides is 2. The van der Waals surface area contributed by atoms with Gasteiger partial charge in [-0.15, -0.1) is 0 Å². The molecule has 0 bridgehead atoms. The third kappa shape index (κ3) is 4.42. The van der Waals surface area contributed by atoms with E-state index in [0.717, 1.165) is 25.9 Å². The van der Waals surface area contributed by atoms with Gasteiger partial charge >= 0.3 is 0 Å². The minimum absolute atomic E-state index is 0.00955. The van der Waals surface area contributed by atoms with Crippen LogP contribution in [-0.4, -0.2) is 61.9 Å². The van der Waals surface area contributed by atoms with Crippen LogP contribution in [0.2, 0.25) is 0 Å². The van der Waals surface area contributed by atoms with Crippen molar-refractivity contribution in [3.63, 3.8) is 0 Å². The van der Waals surface area contributed by atoms with E-state index in [9.17, 15) is 14.0 Å². The van der Waals surface area contributed by atoms with E-state index in [4.69, 9.17) is 0 Å². The van der Waals surface area contributed by atoms with Gasteiger partial charge in [-0.3, -0.25) is 9.59 Å². The summed E-state index contributed by atoms with van der Waals surface area (Å²) in [6.45, 7) is 5.06. The molecule has 2 saturated heterocycles. The maximum Gasteiger partial charge on any atom is 0.253 e. The minimum atomic E-state index is -0.393. The highest BCUT2D eigenvalue weighted by Crippen LogP contribution is 2.25. The van der Waals surface area contributed by atoms with Gasteiger partial charge in [-0.1, -0.05) is 6.92 Å². The molecule has 0 saturated carbocycles. The van der Waals surface area contributed by atoms with Crippen LogP contribution in [0.1, 0.15) is 43.0 Å². The zero-order valence-corrected chi connectivity index (χ0v) is 16.6. The van der Waals surface area contributed by atoms with Gasteiger partial charge in [-0.05, 0) is 49.8 Å². The lowest BCUT2D eigenvalue weighted by Gasteiger charge is -2.36. The number of halogens is 1. The number of piperidine rings is 2. The van der Waals surface area contributed by atoms with Crippen molar-refractivity contribution >= 4 is 17.5 Å². The van der Waals surface area contributed by atoms with Crippen molar-refractivity contribution in [2.24, 2.45) is 11.8 Å². The number of rotatable bonds is 3. The van der Waals surface area contributed by atoms with Crippen LogP contribution in [0.25, 0.3) is 0 Å². The lowest BCUT2D eigenvalue weighted by atomic mass is 9.92. The first-order valence-electron chi connectivity index (χ1n) is 9.91. The number of benzene rings is 1. The Labute approximate surface area is 161 Å². The summed E-state index contributed by atoms with van der Waals surface area (Å²) in [4.78, 5) is 30.8. The van der Waals surface area contributed by atoms with E-state index in [1.54, 1.807) is 36.0 Å². The monoisotopic (exact) mass is 375 g/mol. The molecule has 0 radical (unpaired) electrons. The molecule has 5 nitrogen and oxygen atoms in total. The van der Waals surface area contributed by atoms with Crippen LogP contribution < -0.4 is 4.90 Å². The van der Waals surface area contributed by atoms with Gasteiger partial charge in [0.05, 0.1) is 5.69 Å². The van der Waals surface area contributed by atoms with Crippen LogP contribution in [0.15, 0.2) is 18.2 Å². The molecule has 0 spiro atoms. The van der Waals surface area contributed by atoms with Gasteiger partial charge in [-0.25, -0.2) is 4.39 Å². The topological polar surface area (TPSA) is 43.9 Å². The second kappa shape index (κ2) is 8.28. The highest BCUT2D eigenvalue weighted by atomic mass is 19.1. The fourth-order valence-corrected chi connectivity index (χ4v) is 4.00. The van der Waals surface area contributed by atoms with E-state index in [1.807, 2.05) is 4.90 Å². The van der Waals surface area contributed by atoms with Crippen molar-refractivity contribution in [1.82, 2.24) is 9.80 Å². The average Bonchev–Trinajstić information content (AvgIpc) is 2.67. The van der Waals surface area contributed by atoms with E-state index in [0.29, 0.717) is 43.1 Å². The molecule has 2 aliphatic rings. The third-order valence-electron chi connectivity index (χ3n) is 5.90. The molecule has 0 N–H and O–H groups in total. The predicted octanol–water partition coefficient (Wildman–Crippen LogP) is 3.00. The van der Waals surface area contributed by atoms with Gasteiger partial charge in [0, 0.05) is 51.8 Å². The Hall–Kier alpha value is -2.11. The molecule has 0 unspecified atom stereocenters. The summed E-state index contributed by atoms with van der Waals surface area (Å²) in [5.41, 5.74) is 0.833. The molecule has 6 heteroatoms. The maximum atomic E-state index is 14.2. The van der Waals surface area contributed by atoms with Gasteiger partial charge in [0.15, 0.2) is 0 Å². The molecule has 2 aliphatic heterocycles. The number of carbonyl (C=O) groups is 2. The summed E-state index contributed by atoms with van der Waals surface area (Å²) in [6, 6.07) is 4.62. The molecule has 0 atom stereocenters. The molecule has 0 aliphatic carbocycles. The van der Waals surface area contributed by atoms with Crippen molar-refractivity contribution in [1.29, 1.82) is 0 Å². The van der Waals surface area contributed by atoms with Crippen LogP contribution >= 0.6 is 0 Å². The molecule has 1 aromatic rings. The summed E-state index contributed by atoms with van der Waals surface area (Å²) in [7, 11) is 3.54. The maximum absolute atomic E-state index is 14.2. The Morgan fingerprint density at radius 2 is 1.59 bits per heavy atom. The van der Waals surface area contributed by atoms with Gasteiger partial charge in [0.1, 0.15) is 5.82 Å². The zero-order chi connectivity index (χ0) is 19.6. The Morgan fingerprint density at radius 1 is 1.00 bits per heavy atom. The van der Waals surface area contributed by atoms with Crippen molar-refractivity contribution < 1.29 is 14.0 Å². The van der Waals surface area contributed by atoms with E-state index in [-0.39, 0.29) is 17.7 Å². The summed E-state index contributed by atoms with van der Waals surface area (Å²) in [5, 5.41) is 0. The molecule has 148 valence electrons. The molecular formula is C21H30FN3O2. The second-order valence-corrected chi connectivity index (χ2v) is 8.13. The molecule has 27 heavy (non-hydrogen) atoms. The Bertz CT molecular complexity index is 691. The first-order valence-corrected chi connectivity index (χ1v) is 9.91. The van der Waals surface area contributed by atoms with Gasteiger partial charge < -0.3 is 14.7 Å². The first-order chi connectivity index (χ1) is 12.9. The molecule has 3 rings (SSSR count). The quantitative estimate of drug-likeness (QED) is 0.816. The molecule has 0 aromatic heterocycles. The fraction of sp³-hybridized carbons (Fsp3) is 0.619. The number of hydrogen-bond acceptors (Lipinski definition) is 3. The van der Waals surface area contributed by atoms with Crippen LogP contribution in [0.3, 0.4) is 0 Å². The number of carbonyl (C=O) groups excluding carboxylic acids is 2. The SMILES string of the molecule is CC1CCN(C(=O)C2CCN(C(=O)c3ccc(N(C)C)c(F)c3)CC2)CC1. The van der Waals surface area contributed by atoms with Crippen molar-refractivity contribution in [3.05, 3.63) is 29.6 Å². The van der Waals surface area contributed by atoms with Gasteiger partial charge in [-0.2, -0.15) is 0 Å². The number of anilines is 1. The van der Waals surface area contributed by atoms with E-state index < -0.39 is 5.82 Å². The third-order valence-corrected chi connectivity index (χ3v) is 5.90. The highest BCUT2D eigenvalue weighted by Gasteiger charge is 2.31. The number of nitrogens with zero attached hydrogens (tertiary/aromatic N) is 3. The van der Waals surface area contributed by atoms with E-state index in [1.165, 1.54) is 6.07 Å². The van der Waals surface area contributed by atoms with Crippen LogP contribution in [-0.2, 0) is 4.79 Å². The predicted molar refractivity (Wildman–Crippen MR) is 104 cm³/mol. The first kappa shape index (κ1) is 19.6. The van der Waals surface area contributed by atoms with Crippen LogP contribution in [0.5, 0.6) is 0 Å². The summed E-state index contributed by atoms with van der Waals surface area (Å²) < 4.78 is 14.2. The molecule has 2 fully saturated rings. The van der Waals surface area contributed by atoms with Crippen LogP contribution in [0.4, 0.5) is 10.1 Å². The summed E-state index contributed by atoms with van der Waals surface area (Å²) >= 11 is 0. The Balaban J connectivity index is 1.56. The van der Waals surface area contributed by atoms with Crippen LogP contribution in [0, 0.1) is 17.7 Å². The molecule has 2 amide bonds. The smallest absolute Gasteiger partial charge is 0.253 e. The largest absolute Gasteiger partial charge is 0.375 e. The Kier molecular flexibility index (Phi) is 6.02. The minimum Gasteiger partial charge on any atom is -0.375 e. The van der Waals surface area contributed by atoms with Crippen molar-refractivity contribution in [3.8, 4) is 0 Å². The number of hydrogen-bond donors (Lipinski definition) is 0. The van der Waals surface area contributed by atoms with Crippen molar-refractivity contribution in [2.45, 2.75) is 32.6 Å². The van der Waals surface area contributed by atoms with E-state index >= 15 is 0 Å². The normalized spacial score (nSPS) is 19.3. The molecule has 2 heterocycles. The lowest BCUT2D eigenvalue weighted by Crippen LogP contribution is -2.46. The van der Waals surface area contributed by atoms with Gasteiger partial charge in [0.2, 0.25) is 5.91 Å².